The molecule has 0 atom stereocenters. The van der Waals surface area contributed by atoms with Crippen LogP contribution in [0.2, 0.25) is 0 Å². The Kier molecular flexibility index (Phi) is 2.25. The first-order valence-electron chi connectivity index (χ1n) is 4.72. The average Bonchev–Trinajstić information content (AvgIpc) is 2.46. The lowest BCUT2D eigenvalue weighted by molar-refractivity contribution is 0.0745. The fourth-order valence-corrected chi connectivity index (χ4v) is 1.90. The molecule has 1 aromatic carbocycles. The summed E-state index contributed by atoms with van der Waals surface area (Å²) in [4.78, 5) is 13.5. The van der Waals surface area contributed by atoms with Crippen LogP contribution >= 0.6 is 0 Å². The van der Waals surface area contributed by atoms with Crippen molar-refractivity contribution in [1.29, 1.82) is 0 Å². The summed E-state index contributed by atoms with van der Waals surface area (Å²) in [5.74, 6) is 0.0483. The smallest absolute Gasteiger partial charge is 0.254 e. The monoisotopic (exact) mass is 191 g/mol. The summed E-state index contributed by atoms with van der Waals surface area (Å²) in [5.41, 5.74) is 2.91. The minimum atomic E-state index is 0.0266. The highest BCUT2D eigenvalue weighted by molar-refractivity contribution is 5.99. The summed E-state index contributed by atoms with van der Waals surface area (Å²) in [5, 5.41) is 8.80. The van der Waals surface area contributed by atoms with Crippen LogP contribution < -0.4 is 0 Å². The fourth-order valence-electron chi connectivity index (χ4n) is 1.90. The zero-order chi connectivity index (χ0) is 10.1. The van der Waals surface area contributed by atoms with Gasteiger partial charge in [-0.25, -0.2) is 0 Å². The van der Waals surface area contributed by atoms with Gasteiger partial charge in [0.2, 0.25) is 0 Å². The predicted octanol–water partition coefficient (Wildman–Crippen LogP) is 0.943. The van der Waals surface area contributed by atoms with E-state index in [0.29, 0.717) is 13.1 Å². The third-order valence-corrected chi connectivity index (χ3v) is 2.59. The Morgan fingerprint density at radius 1 is 1.50 bits per heavy atom. The molecule has 3 nitrogen and oxygen atoms in total. The number of nitrogens with zero attached hydrogens (tertiary/aromatic N) is 1. The first-order chi connectivity index (χ1) is 6.74. The summed E-state index contributed by atoms with van der Waals surface area (Å²) in [6, 6.07) is 5.88. The number of β-amino-alcohol motifs (C(OH)–C–C–N with tert-alkyl or cyclic N) is 1. The number of aliphatic hydroxyl groups is 1. The van der Waals surface area contributed by atoms with Crippen molar-refractivity contribution in [3.8, 4) is 0 Å². The fraction of sp³-hybridized carbons (Fsp3) is 0.364. The molecule has 0 bridgehead atoms. The third kappa shape index (κ3) is 1.30. The summed E-state index contributed by atoms with van der Waals surface area (Å²) in [6.45, 7) is 3.03. The molecule has 0 saturated heterocycles. The van der Waals surface area contributed by atoms with Crippen molar-refractivity contribution in [3.63, 3.8) is 0 Å². The lowest BCUT2D eigenvalue weighted by atomic mass is 10.0. The van der Waals surface area contributed by atoms with Crippen LogP contribution in [0, 0.1) is 6.92 Å². The summed E-state index contributed by atoms with van der Waals surface area (Å²) >= 11 is 0. The molecule has 0 radical (unpaired) electrons. The van der Waals surface area contributed by atoms with Gasteiger partial charge in [-0.2, -0.15) is 0 Å². The number of fused-ring (bicyclic) bond motifs is 1. The number of hydrogen-bond donors (Lipinski definition) is 1. The van der Waals surface area contributed by atoms with Gasteiger partial charge in [0.1, 0.15) is 0 Å². The number of carbonyl (C=O) groups is 1. The van der Waals surface area contributed by atoms with Crippen LogP contribution in [-0.2, 0) is 6.54 Å². The Balaban J connectivity index is 2.36. The molecule has 1 aliphatic heterocycles. The highest BCUT2D eigenvalue weighted by atomic mass is 16.3. The van der Waals surface area contributed by atoms with Crippen LogP contribution in [0.25, 0.3) is 0 Å². The van der Waals surface area contributed by atoms with E-state index in [-0.39, 0.29) is 12.5 Å². The van der Waals surface area contributed by atoms with Crippen molar-refractivity contribution in [2.45, 2.75) is 13.5 Å². The van der Waals surface area contributed by atoms with Crippen molar-refractivity contribution in [1.82, 2.24) is 4.90 Å². The quantitative estimate of drug-likeness (QED) is 0.755. The normalized spacial score (nSPS) is 14.7. The molecule has 74 valence electrons. The van der Waals surface area contributed by atoms with Crippen LogP contribution in [-0.4, -0.2) is 29.1 Å². The van der Waals surface area contributed by atoms with E-state index in [9.17, 15) is 4.79 Å². The molecule has 1 N–H and O–H groups in total. The number of rotatable bonds is 2. The Bertz CT molecular complexity index is 374. The molecule has 0 spiro atoms. The van der Waals surface area contributed by atoms with Crippen LogP contribution in [0.1, 0.15) is 21.5 Å². The van der Waals surface area contributed by atoms with Crippen LogP contribution in [0.15, 0.2) is 18.2 Å². The van der Waals surface area contributed by atoms with Gasteiger partial charge in [0, 0.05) is 18.7 Å². The van der Waals surface area contributed by atoms with E-state index in [4.69, 9.17) is 5.11 Å². The number of carbonyl (C=O) groups excluding carboxylic acids is 1. The maximum absolute atomic E-state index is 11.8. The Morgan fingerprint density at radius 3 is 2.93 bits per heavy atom. The molecule has 0 aromatic heterocycles. The lowest BCUT2D eigenvalue weighted by Gasteiger charge is -2.12. The number of aryl methyl sites for hydroxylation is 1. The average molecular weight is 191 g/mol. The molecule has 0 saturated carbocycles. The Labute approximate surface area is 83.0 Å². The van der Waals surface area contributed by atoms with Gasteiger partial charge in [-0.15, -0.1) is 0 Å². The minimum absolute atomic E-state index is 0.0266. The van der Waals surface area contributed by atoms with Crippen LogP contribution in [0.5, 0.6) is 0 Å². The first kappa shape index (κ1) is 9.21. The van der Waals surface area contributed by atoms with E-state index >= 15 is 0 Å². The molecule has 1 aliphatic rings. The Hall–Kier alpha value is -1.35. The van der Waals surface area contributed by atoms with Crippen molar-refractivity contribution in [2.24, 2.45) is 0 Å². The second kappa shape index (κ2) is 3.42. The van der Waals surface area contributed by atoms with E-state index in [2.05, 4.69) is 0 Å². The van der Waals surface area contributed by atoms with Gasteiger partial charge in [0.05, 0.1) is 6.61 Å². The van der Waals surface area contributed by atoms with Crippen LogP contribution in [0.4, 0.5) is 0 Å². The maximum atomic E-state index is 11.8. The summed E-state index contributed by atoms with van der Waals surface area (Å²) in [7, 11) is 0. The van der Waals surface area contributed by atoms with Gasteiger partial charge >= 0.3 is 0 Å². The van der Waals surface area contributed by atoms with Gasteiger partial charge in [0.25, 0.3) is 5.91 Å². The van der Waals surface area contributed by atoms with E-state index < -0.39 is 0 Å². The van der Waals surface area contributed by atoms with Gasteiger partial charge in [-0.3, -0.25) is 4.79 Å². The second-order valence-electron chi connectivity index (χ2n) is 3.56. The predicted molar refractivity (Wildman–Crippen MR) is 53.0 cm³/mol. The molecule has 0 fully saturated rings. The van der Waals surface area contributed by atoms with E-state index in [0.717, 1.165) is 16.7 Å². The van der Waals surface area contributed by atoms with Crippen LogP contribution in [0.3, 0.4) is 0 Å². The maximum Gasteiger partial charge on any atom is 0.254 e. The lowest BCUT2D eigenvalue weighted by Crippen LogP contribution is -2.27. The first-order valence-corrected chi connectivity index (χ1v) is 4.72. The van der Waals surface area contributed by atoms with E-state index in [1.54, 1.807) is 4.90 Å². The van der Waals surface area contributed by atoms with Gasteiger partial charge in [0.15, 0.2) is 0 Å². The SMILES string of the molecule is Cc1cccc2c1C(=O)N(CCO)C2. The molecular weight excluding hydrogens is 178 g/mol. The van der Waals surface area contributed by atoms with Crippen molar-refractivity contribution in [2.75, 3.05) is 13.2 Å². The van der Waals surface area contributed by atoms with Crippen molar-refractivity contribution < 1.29 is 9.90 Å². The molecule has 14 heavy (non-hydrogen) atoms. The summed E-state index contributed by atoms with van der Waals surface area (Å²) < 4.78 is 0. The molecule has 0 aliphatic carbocycles. The number of amides is 1. The molecule has 2 rings (SSSR count). The third-order valence-electron chi connectivity index (χ3n) is 2.59. The van der Waals surface area contributed by atoms with Gasteiger partial charge < -0.3 is 10.0 Å². The summed E-state index contributed by atoms with van der Waals surface area (Å²) in [6.07, 6.45) is 0. The minimum Gasteiger partial charge on any atom is -0.395 e. The standard InChI is InChI=1S/C11H13NO2/c1-8-3-2-4-9-7-12(5-6-13)11(14)10(8)9/h2-4,13H,5-7H2,1H3. The molecule has 3 heteroatoms. The molecule has 1 aromatic rings. The number of aliphatic hydroxyl groups excluding tert-OH is 1. The van der Waals surface area contributed by atoms with Crippen molar-refractivity contribution in [3.05, 3.63) is 34.9 Å². The highest BCUT2D eigenvalue weighted by Gasteiger charge is 2.27. The zero-order valence-corrected chi connectivity index (χ0v) is 8.16. The highest BCUT2D eigenvalue weighted by Crippen LogP contribution is 2.24. The largest absolute Gasteiger partial charge is 0.395 e. The van der Waals surface area contributed by atoms with Crippen molar-refractivity contribution >= 4 is 5.91 Å². The number of benzene rings is 1. The molecule has 1 amide bonds. The van der Waals surface area contributed by atoms with E-state index in [1.807, 2.05) is 25.1 Å². The number of hydrogen-bond acceptors (Lipinski definition) is 2. The zero-order valence-electron chi connectivity index (χ0n) is 8.16. The van der Waals surface area contributed by atoms with E-state index in [1.165, 1.54) is 0 Å². The molecular formula is C11H13NO2. The topological polar surface area (TPSA) is 40.5 Å². The molecule has 1 heterocycles. The van der Waals surface area contributed by atoms with Gasteiger partial charge in [-0.05, 0) is 18.1 Å². The van der Waals surface area contributed by atoms with Gasteiger partial charge in [-0.1, -0.05) is 18.2 Å². The second-order valence-corrected chi connectivity index (χ2v) is 3.56. The molecule has 0 unspecified atom stereocenters. The Morgan fingerprint density at radius 2 is 2.29 bits per heavy atom.